The van der Waals surface area contributed by atoms with E-state index in [-0.39, 0.29) is 18.4 Å². The van der Waals surface area contributed by atoms with E-state index in [4.69, 9.17) is 9.84 Å². The zero-order chi connectivity index (χ0) is 15.1. The zero-order valence-corrected chi connectivity index (χ0v) is 12.1. The number of amides is 1. The van der Waals surface area contributed by atoms with E-state index in [1.54, 1.807) is 14.0 Å². The van der Waals surface area contributed by atoms with E-state index in [1.165, 1.54) is 0 Å². The number of hydrogen-bond donors (Lipinski definition) is 2. The second-order valence-electron chi connectivity index (χ2n) is 4.72. The molecule has 0 fully saturated rings. The number of carboxylic acids is 1. The van der Waals surface area contributed by atoms with E-state index in [2.05, 4.69) is 5.32 Å². The van der Waals surface area contributed by atoms with Crippen molar-refractivity contribution in [2.45, 2.75) is 26.2 Å². The molecule has 1 aromatic rings. The molecule has 0 aromatic heterocycles. The van der Waals surface area contributed by atoms with E-state index >= 15 is 0 Å². The van der Waals surface area contributed by atoms with Gasteiger partial charge in [0.05, 0.1) is 18.9 Å². The molecule has 2 atom stereocenters. The van der Waals surface area contributed by atoms with E-state index < -0.39 is 11.9 Å². The van der Waals surface area contributed by atoms with Crippen LogP contribution in [0.25, 0.3) is 0 Å². The number of benzene rings is 1. The molecule has 1 amide bonds. The van der Waals surface area contributed by atoms with Crippen LogP contribution in [-0.4, -0.2) is 30.6 Å². The van der Waals surface area contributed by atoms with Crippen LogP contribution in [0.5, 0.6) is 5.75 Å². The van der Waals surface area contributed by atoms with Gasteiger partial charge >= 0.3 is 5.97 Å². The Morgan fingerprint density at radius 1 is 1.30 bits per heavy atom. The molecular formula is C15H21NO4. The van der Waals surface area contributed by atoms with Gasteiger partial charge in [-0.25, -0.2) is 0 Å². The summed E-state index contributed by atoms with van der Waals surface area (Å²) >= 11 is 0. The number of carbonyl (C=O) groups excluding carboxylic acids is 1. The Kier molecular flexibility index (Phi) is 6.03. The molecule has 0 aliphatic heterocycles. The monoisotopic (exact) mass is 279 g/mol. The lowest BCUT2D eigenvalue weighted by atomic mass is 9.95. The van der Waals surface area contributed by atoms with Crippen molar-refractivity contribution < 1.29 is 19.4 Å². The first-order valence-corrected chi connectivity index (χ1v) is 6.64. The van der Waals surface area contributed by atoms with Crippen molar-refractivity contribution in [3.8, 4) is 5.75 Å². The summed E-state index contributed by atoms with van der Waals surface area (Å²) in [7, 11) is 1.59. The summed E-state index contributed by atoms with van der Waals surface area (Å²) < 4.78 is 5.08. The average molecular weight is 279 g/mol. The normalized spacial score (nSPS) is 13.3. The Bertz CT molecular complexity index is 455. The summed E-state index contributed by atoms with van der Waals surface area (Å²) in [6.07, 6.45) is 0.652. The highest BCUT2D eigenvalue weighted by Crippen LogP contribution is 2.22. The molecule has 0 saturated heterocycles. The van der Waals surface area contributed by atoms with Gasteiger partial charge in [-0.15, -0.1) is 0 Å². The third-order valence-corrected chi connectivity index (χ3v) is 3.25. The van der Waals surface area contributed by atoms with Crippen molar-refractivity contribution in [1.29, 1.82) is 0 Å². The molecule has 0 bridgehead atoms. The fraction of sp³-hybridized carbons (Fsp3) is 0.467. The minimum absolute atomic E-state index is 0.140. The van der Waals surface area contributed by atoms with Gasteiger partial charge in [-0.05, 0) is 24.1 Å². The molecule has 0 aliphatic carbocycles. The minimum Gasteiger partial charge on any atom is -0.497 e. The maximum Gasteiger partial charge on any atom is 0.308 e. The third-order valence-electron chi connectivity index (χ3n) is 3.25. The predicted octanol–water partition coefficient (Wildman–Crippen LogP) is 2.03. The number of ether oxygens (including phenoxy) is 1. The first-order chi connectivity index (χ1) is 9.49. The van der Waals surface area contributed by atoms with Gasteiger partial charge in [0.2, 0.25) is 5.91 Å². The highest BCUT2D eigenvalue weighted by Gasteiger charge is 2.20. The highest BCUT2D eigenvalue weighted by molar-refractivity contribution is 5.84. The Morgan fingerprint density at radius 2 is 1.90 bits per heavy atom. The summed E-state index contributed by atoms with van der Waals surface area (Å²) in [5, 5.41) is 11.5. The molecule has 2 N–H and O–H groups in total. The van der Waals surface area contributed by atoms with Crippen LogP contribution < -0.4 is 10.1 Å². The fourth-order valence-corrected chi connectivity index (χ4v) is 1.87. The molecular weight excluding hydrogens is 258 g/mol. The molecule has 0 spiro atoms. The molecule has 20 heavy (non-hydrogen) atoms. The topological polar surface area (TPSA) is 75.6 Å². The maximum atomic E-state index is 12.1. The van der Waals surface area contributed by atoms with Crippen LogP contribution >= 0.6 is 0 Å². The van der Waals surface area contributed by atoms with Crippen molar-refractivity contribution in [3.63, 3.8) is 0 Å². The lowest BCUT2D eigenvalue weighted by molar-refractivity contribution is -0.141. The molecule has 1 rings (SSSR count). The largest absolute Gasteiger partial charge is 0.497 e. The van der Waals surface area contributed by atoms with Gasteiger partial charge in [0, 0.05) is 6.54 Å². The van der Waals surface area contributed by atoms with Gasteiger partial charge in [-0.3, -0.25) is 9.59 Å². The lowest BCUT2D eigenvalue weighted by Gasteiger charge is -2.17. The number of carboxylic acid groups (broad SMARTS) is 1. The number of nitrogens with one attached hydrogen (secondary N) is 1. The second-order valence-corrected chi connectivity index (χ2v) is 4.72. The van der Waals surface area contributed by atoms with Gasteiger partial charge in [0.25, 0.3) is 0 Å². The average Bonchev–Trinajstić information content (AvgIpc) is 2.46. The molecule has 5 heteroatoms. The second kappa shape index (κ2) is 7.53. The first-order valence-electron chi connectivity index (χ1n) is 6.64. The van der Waals surface area contributed by atoms with Crippen LogP contribution in [-0.2, 0) is 9.59 Å². The van der Waals surface area contributed by atoms with Crippen LogP contribution in [0.2, 0.25) is 0 Å². The number of aliphatic carboxylic acids is 1. The Labute approximate surface area is 118 Å². The van der Waals surface area contributed by atoms with Gasteiger partial charge < -0.3 is 15.2 Å². The molecule has 5 nitrogen and oxygen atoms in total. The van der Waals surface area contributed by atoms with Gasteiger partial charge in [0.15, 0.2) is 0 Å². The summed E-state index contributed by atoms with van der Waals surface area (Å²) in [6, 6.07) is 7.33. The highest BCUT2D eigenvalue weighted by atomic mass is 16.5. The van der Waals surface area contributed by atoms with Gasteiger partial charge in [-0.1, -0.05) is 26.0 Å². The van der Waals surface area contributed by atoms with Crippen molar-refractivity contribution in [2.24, 2.45) is 5.92 Å². The summed E-state index contributed by atoms with van der Waals surface area (Å²) in [5.41, 5.74) is 0.897. The standard InChI is InChI=1S/C15H21NO4/c1-4-13(11-5-7-12(20-3)8-6-11)14(17)16-9-10(2)15(18)19/h5-8,10,13H,4,9H2,1-3H3,(H,16,17)(H,18,19). The van der Waals surface area contributed by atoms with Crippen LogP contribution in [0.3, 0.4) is 0 Å². The molecule has 2 unspecified atom stereocenters. The summed E-state index contributed by atoms with van der Waals surface area (Å²) in [4.78, 5) is 22.8. The third kappa shape index (κ3) is 4.26. The Balaban J connectivity index is 2.69. The minimum atomic E-state index is -0.914. The Hall–Kier alpha value is -2.04. The van der Waals surface area contributed by atoms with E-state index in [9.17, 15) is 9.59 Å². The molecule has 0 saturated carbocycles. The smallest absolute Gasteiger partial charge is 0.308 e. The molecule has 0 aliphatic rings. The summed E-state index contributed by atoms with van der Waals surface area (Å²) in [6.45, 7) is 3.63. The fourth-order valence-electron chi connectivity index (χ4n) is 1.87. The zero-order valence-electron chi connectivity index (χ0n) is 12.1. The summed E-state index contributed by atoms with van der Waals surface area (Å²) in [5.74, 6) is -1.19. The van der Waals surface area contributed by atoms with E-state index in [1.807, 2.05) is 31.2 Å². The Morgan fingerprint density at radius 3 is 2.35 bits per heavy atom. The number of methoxy groups -OCH3 is 1. The maximum absolute atomic E-state index is 12.1. The molecule has 110 valence electrons. The number of carbonyl (C=O) groups is 2. The van der Waals surface area contributed by atoms with Crippen LogP contribution in [0.4, 0.5) is 0 Å². The van der Waals surface area contributed by atoms with Crippen molar-refractivity contribution in [2.75, 3.05) is 13.7 Å². The van der Waals surface area contributed by atoms with Crippen molar-refractivity contribution >= 4 is 11.9 Å². The predicted molar refractivity (Wildman–Crippen MR) is 75.8 cm³/mol. The quantitative estimate of drug-likeness (QED) is 0.800. The van der Waals surface area contributed by atoms with E-state index in [0.29, 0.717) is 6.42 Å². The van der Waals surface area contributed by atoms with Crippen LogP contribution in [0.15, 0.2) is 24.3 Å². The molecule has 0 radical (unpaired) electrons. The number of rotatable bonds is 7. The van der Waals surface area contributed by atoms with E-state index in [0.717, 1.165) is 11.3 Å². The van der Waals surface area contributed by atoms with Crippen molar-refractivity contribution in [1.82, 2.24) is 5.32 Å². The van der Waals surface area contributed by atoms with Crippen LogP contribution in [0.1, 0.15) is 31.7 Å². The lowest BCUT2D eigenvalue weighted by Crippen LogP contribution is -2.34. The van der Waals surface area contributed by atoms with Gasteiger partial charge in [0.1, 0.15) is 5.75 Å². The molecule has 0 heterocycles. The SMILES string of the molecule is CCC(C(=O)NCC(C)C(=O)O)c1ccc(OC)cc1. The van der Waals surface area contributed by atoms with Crippen LogP contribution in [0, 0.1) is 5.92 Å². The van der Waals surface area contributed by atoms with Gasteiger partial charge in [-0.2, -0.15) is 0 Å². The van der Waals surface area contributed by atoms with Crippen molar-refractivity contribution in [3.05, 3.63) is 29.8 Å². The molecule has 1 aromatic carbocycles. The number of hydrogen-bond acceptors (Lipinski definition) is 3. The first kappa shape index (κ1) is 16.0.